The van der Waals surface area contributed by atoms with Crippen molar-refractivity contribution in [2.24, 2.45) is 11.7 Å². The summed E-state index contributed by atoms with van der Waals surface area (Å²) >= 11 is 5.90. The molecule has 0 heterocycles. The third-order valence-electron chi connectivity index (χ3n) is 3.75. The van der Waals surface area contributed by atoms with Crippen LogP contribution in [0.1, 0.15) is 31.2 Å². The highest BCUT2D eigenvalue weighted by Gasteiger charge is 2.24. The van der Waals surface area contributed by atoms with Crippen LogP contribution in [0.25, 0.3) is 0 Å². The molecule has 104 valence electrons. The maximum atomic E-state index is 11.1. The molecular weight excluding hydrogens is 264 g/mol. The molecule has 1 fully saturated rings. The Kier molecular flexibility index (Phi) is 4.66. The maximum absolute atomic E-state index is 11.1. The van der Waals surface area contributed by atoms with Gasteiger partial charge in [0.05, 0.1) is 0 Å². The van der Waals surface area contributed by atoms with E-state index in [1.54, 1.807) is 18.2 Å². The Hall–Kier alpha value is -1.26. The van der Waals surface area contributed by atoms with Gasteiger partial charge in [0.2, 0.25) is 5.91 Å². The van der Waals surface area contributed by atoms with Gasteiger partial charge in [0.1, 0.15) is 5.75 Å². The summed E-state index contributed by atoms with van der Waals surface area (Å²) in [6.07, 6.45) is 3.56. The first-order valence-corrected chi connectivity index (χ1v) is 6.94. The van der Waals surface area contributed by atoms with Crippen LogP contribution in [0, 0.1) is 5.92 Å². The van der Waals surface area contributed by atoms with Gasteiger partial charge in [0.15, 0.2) is 0 Å². The van der Waals surface area contributed by atoms with Crippen molar-refractivity contribution in [2.75, 3.05) is 0 Å². The van der Waals surface area contributed by atoms with Crippen molar-refractivity contribution in [3.05, 3.63) is 28.8 Å². The smallest absolute Gasteiger partial charge is 0.220 e. The van der Waals surface area contributed by atoms with Gasteiger partial charge in [-0.25, -0.2) is 0 Å². The third kappa shape index (κ3) is 3.85. The monoisotopic (exact) mass is 282 g/mol. The summed E-state index contributed by atoms with van der Waals surface area (Å²) in [6, 6.07) is 5.40. The molecule has 19 heavy (non-hydrogen) atoms. The number of nitrogens with two attached hydrogens (primary N) is 1. The van der Waals surface area contributed by atoms with Crippen LogP contribution in [0.2, 0.25) is 5.02 Å². The van der Waals surface area contributed by atoms with Gasteiger partial charge in [-0.15, -0.1) is 0 Å². The number of benzene rings is 1. The molecule has 0 bridgehead atoms. The van der Waals surface area contributed by atoms with E-state index in [1.165, 1.54) is 0 Å². The van der Waals surface area contributed by atoms with E-state index in [0.29, 0.717) is 17.6 Å². The lowest BCUT2D eigenvalue weighted by Gasteiger charge is -2.27. The molecule has 1 aliphatic rings. The highest BCUT2D eigenvalue weighted by atomic mass is 35.5. The molecule has 0 aliphatic heterocycles. The second-order valence-electron chi connectivity index (χ2n) is 5.10. The van der Waals surface area contributed by atoms with Gasteiger partial charge in [0.25, 0.3) is 0 Å². The first kappa shape index (κ1) is 14.2. The van der Waals surface area contributed by atoms with Gasteiger partial charge in [-0.1, -0.05) is 11.6 Å². The predicted octanol–water partition coefficient (Wildman–Crippen LogP) is 2.18. The van der Waals surface area contributed by atoms with Crippen molar-refractivity contribution in [3.63, 3.8) is 0 Å². The van der Waals surface area contributed by atoms with Crippen molar-refractivity contribution in [2.45, 2.75) is 38.3 Å². The summed E-state index contributed by atoms with van der Waals surface area (Å²) in [7, 11) is 0. The van der Waals surface area contributed by atoms with E-state index >= 15 is 0 Å². The van der Waals surface area contributed by atoms with Crippen LogP contribution in [0.4, 0.5) is 0 Å². The quantitative estimate of drug-likeness (QED) is 0.792. The summed E-state index contributed by atoms with van der Waals surface area (Å²) in [5.74, 6) is 0.0891. The number of carbonyl (C=O) groups excluding carboxylic acids is 1. The number of halogens is 1. The van der Waals surface area contributed by atoms with E-state index in [0.717, 1.165) is 31.2 Å². The minimum absolute atomic E-state index is 0.0256. The minimum Gasteiger partial charge on any atom is -0.508 e. The van der Waals surface area contributed by atoms with Crippen molar-refractivity contribution in [1.29, 1.82) is 0 Å². The first-order chi connectivity index (χ1) is 9.06. The molecule has 0 unspecified atom stereocenters. The zero-order chi connectivity index (χ0) is 13.8. The Morgan fingerprint density at radius 3 is 2.68 bits per heavy atom. The molecule has 0 radical (unpaired) electrons. The lowest BCUT2D eigenvalue weighted by molar-refractivity contribution is -0.122. The number of hydrogen-bond acceptors (Lipinski definition) is 3. The van der Waals surface area contributed by atoms with Crippen molar-refractivity contribution >= 4 is 17.5 Å². The number of aromatic hydroxyl groups is 1. The number of carbonyl (C=O) groups is 1. The fourth-order valence-corrected chi connectivity index (χ4v) is 2.73. The van der Waals surface area contributed by atoms with E-state index in [-0.39, 0.29) is 17.6 Å². The summed E-state index contributed by atoms with van der Waals surface area (Å²) in [5, 5.41) is 13.7. The van der Waals surface area contributed by atoms with Gasteiger partial charge in [-0.3, -0.25) is 4.79 Å². The molecule has 1 aromatic carbocycles. The highest BCUT2D eigenvalue weighted by molar-refractivity contribution is 6.30. The van der Waals surface area contributed by atoms with Crippen molar-refractivity contribution in [3.8, 4) is 5.75 Å². The van der Waals surface area contributed by atoms with Crippen LogP contribution in [0.3, 0.4) is 0 Å². The number of nitrogens with one attached hydrogen (secondary N) is 1. The molecule has 1 saturated carbocycles. The molecule has 4 nitrogen and oxygen atoms in total. The van der Waals surface area contributed by atoms with Crippen LogP contribution in [0.15, 0.2) is 18.2 Å². The average Bonchev–Trinajstić information content (AvgIpc) is 2.40. The molecule has 0 spiro atoms. The van der Waals surface area contributed by atoms with Crippen LogP contribution in [-0.2, 0) is 11.3 Å². The lowest BCUT2D eigenvalue weighted by Crippen LogP contribution is -2.36. The van der Waals surface area contributed by atoms with E-state index in [1.807, 2.05) is 0 Å². The van der Waals surface area contributed by atoms with Crippen molar-refractivity contribution < 1.29 is 9.90 Å². The van der Waals surface area contributed by atoms with Gasteiger partial charge in [-0.2, -0.15) is 0 Å². The lowest BCUT2D eigenvalue weighted by atomic mass is 9.85. The molecule has 0 aromatic heterocycles. The summed E-state index contributed by atoms with van der Waals surface area (Å²) in [5.41, 5.74) is 6.10. The molecule has 5 heteroatoms. The number of phenolic OH excluding ortho intramolecular Hbond substituents is 1. The second kappa shape index (κ2) is 6.26. The van der Waals surface area contributed by atoms with Crippen LogP contribution in [-0.4, -0.2) is 17.1 Å². The largest absolute Gasteiger partial charge is 0.508 e. The van der Waals surface area contributed by atoms with E-state index in [2.05, 4.69) is 5.32 Å². The summed E-state index contributed by atoms with van der Waals surface area (Å²) in [4.78, 5) is 11.1. The van der Waals surface area contributed by atoms with E-state index in [4.69, 9.17) is 17.3 Å². The third-order valence-corrected chi connectivity index (χ3v) is 3.99. The summed E-state index contributed by atoms with van der Waals surface area (Å²) in [6.45, 7) is 0.582. The molecule has 2 rings (SSSR count). The fourth-order valence-electron chi connectivity index (χ4n) is 2.53. The molecular formula is C14H19ClN2O2. The molecule has 1 aliphatic carbocycles. The topological polar surface area (TPSA) is 75.4 Å². The Bertz CT molecular complexity index is 457. The first-order valence-electron chi connectivity index (χ1n) is 6.56. The Morgan fingerprint density at radius 2 is 2.05 bits per heavy atom. The van der Waals surface area contributed by atoms with Crippen LogP contribution < -0.4 is 11.1 Å². The van der Waals surface area contributed by atoms with E-state index in [9.17, 15) is 9.90 Å². The number of phenols is 1. The molecule has 1 amide bonds. The maximum Gasteiger partial charge on any atom is 0.220 e. The zero-order valence-electron chi connectivity index (χ0n) is 10.7. The van der Waals surface area contributed by atoms with Crippen LogP contribution in [0.5, 0.6) is 5.75 Å². The standard InChI is InChI=1S/C14H19ClN2O2/c15-11-3-6-13(18)10(7-11)8-17-12-4-1-9(2-5-12)14(16)19/h3,6-7,9,12,17-18H,1-2,4-5,8H2,(H2,16,19). The van der Waals surface area contributed by atoms with Gasteiger partial charge >= 0.3 is 0 Å². The average molecular weight is 283 g/mol. The zero-order valence-corrected chi connectivity index (χ0v) is 11.5. The Balaban J connectivity index is 1.83. The minimum atomic E-state index is -0.189. The Labute approximate surface area is 117 Å². The number of hydrogen-bond donors (Lipinski definition) is 3. The summed E-state index contributed by atoms with van der Waals surface area (Å²) < 4.78 is 0. The van der Waals surface area contributed by atoms with E-state index < -0.39 is 0 Å². The SMILES string of the molecule is NC(=O)C1CCC(NCc2cc(Cl)ccc2O)CC1. The Morgan fingerprint density at radius 1 is 1.37 bits per heavy atom. The number of rotatable bonds is 4. The van der Waals surface area contributed by atoms with Gasteiger partial charge in [0, 0.05) is 29.1 Å². The molecule has 1 aromatic rings. The second-order valence-corrected chi connectivity index (χ2v) is 5.54. The van der Waals surface area contributed by atoms with Gasteiger partial charge in [-0.05, 0) is 43.9 Å². The fraction of sp³-hybridized carbons (Fsp3) is 0.500. The molecule has 4 N–H and O–H groups in total. The highest BCUT2D eigenvalue weighted by Crippen LogP contribution is 2.25. The number of primary amides is 1. The number of amides is 1. The molecule has 0 saturated heterocycles. The van der Waals surface area contributed by atoms with Crippen molar-refractivity contribution in [1.82, 2.24) is 5.32 Å². The van der Waals surface area contributed by atoms with Crippen LogP contribution >= 0.6 is 11.6 Å². The normalized spacial score (nSPS) is 23.2. The van der Waals surface area contributed by atoms with Gasteiger partial charge < -0.3 is 16.2 Å². The predicted molar refractivity (Wildman–Crippen MR) is 74.9 cm³/mol. The molecule has 0 atom stereocenters.